The Hall–Kier alpha value is -2.74. The lowest BCUT2D eigenvalue weighted by atomic mass is 10.1. The fraction of sp³-hybridized carbons (Fsp3) is 0.154. The Morgan fingerprint density at radius 1 is 1.32 bits per heavy atom. The second-order valence-corrected chi connectivity index (χ2v) is 4.98. The van der Waals surface area contributed by atoms with Crippen molar-refractivity contribution in [2.24, 2.45) is 0 Å². The Balaban J connectivity index is 2.14. The minimum atomic E-state index is -1.15. The fourth-order valence-corrected chi connectivity index (χ4v) is 2.30. The van der Waals surface area contributed by atoms with Crippen LogP contribution < -0.4 is 5.56 Å². The Labute approximate surface area is 128 Å². The first-order valence-electron chi connectivity index (χ1n) is 6.31. The number of halogens is 1. The largest absolute Gasteiger partial charge is 0.480 e. The predicted molar refractivity (Wildman–Crippen MR) is 76.9 cm³/mol. The second-order valence-electron chi connectivity index (χ2n) is 4.58. The van der Waals surface area contributed by atoms with Gasteiger partial charge in [0.2, 0.25) is 0 Å². The highest BCUT2D eigenvalue weighted by atomic mass is 35.5. The third-order valence-corrected chi connectivity index (χ3v) is 3.45. The van der Waals surface area contributed by atoms with Crippen molar-refractivity contribution in [2.45, 2.75) is 13.0 Å². The number of benzene rings is 1. The van der Waals surface area contributed by atoms with E-state index in [0.29, 0.717) is 5.02 Å². The molecule has 0 spiro atoms. The summed E-state index contributed by atoms with van der Waals surface area (Å²) in [5.41, 5.74) is 0.368. The van der Waals surface area contributed by atoms with Gasteiger partial charge in [-0.05, 0) is 11.6 Å². The molecular formula is C13H10ClN5O3. The van der Waals surface area contributed by atoms with Gasteiger partial charge in [-0.1, -0.05) is 29.8 Å². The van der Waals surface area contributed by atoms with Crippen LogP contribution in [0.3, 0.4) is 0 Å². The van der Waals surface area contributed by atoms with Crippen molar-refractivity contribution in [2.75, 3.05) is 0 Å². The highest BCUT2D eigenvalue weighted by molar-refractivity contribution is 6.31. The molecule has 0 aliphatic carbocycles. The van der Waals surface area contributed by atoms with E-state index in [1.807, 2.05) is 0 Å². The monoisotopic (exact) mass is 319 g/mol. The fourth-order valence-electron chi connectivity index (χ4n) is 2.10. The molecule has 0 saturated carbocycles. The second kappa shape index (κ2) is 5.57. The van der Waals surface area contributed by atoms with E-state index >= 15 is 0 Å². The molecule has 0 fully saturated rings. The van der Waals surface area contributed by atoms with Crippen LogP contribution in [0, 0.1) is 0 Å². The average Bonchev–Trinajstić information content (AvgIpc) is 2.93. The zero-order chi connectivity index (χ0) is 15.7. The molecule has 8 nitrogen and oxygen atoms in total. The van der Waals surface area contributed by atoms with E-state index in [-0.39, 0.29) is 17.9 Å². The molecule has 0 bridgehead atoms. The van der Waals surface area contributed by atoms with Gasteiger partial charge in [-0.2, -0.15) is 9.61 Å². The van der Waals surface area contributed by atoms with Crippen LogP contribution in [0.25, 0.3) is 5.78 Å². The molecule has 3 aromatic rings. The summed E-state index contributed by atoms with van der Waals surface area (Å²) < 4.78 is 2.30. The molecular weight excluding hydrogens is 310 g/mol. The van der Waals surface area contributed by atoms with Crippen molar-refractivity contribution in [3.8, 4) is 0 Å². The predicted octanol–water partition coefficient (Wildman–Crippen LogP) is 0.615. The number of hydrogen-bond donors (Lipinski definition) is 1. The Kier molecular flexibility index (Phi) is 3.60. The number of hydrogen-bond acceptors (Lipinski definition) is 5. The molecule has 1 N–H and O–H groups in total. The molecule has 0 unspecified atom stereocenters. The number of aliphatic carboxylic acids is 1. The minimum Gasteiger partial charge on any atom is -0.480 e. The Bertz CT molecular complexity index is 917. The first-order valence-corrected chi connectivity index (χ1v) is 6.69. The third-order valence-electron chi connectivity index (χ3n) is 3.08. The van der Waals surface area contributed by atoms with Gasteiger partial charge in [0.05, 0.1) is 0 Å². The van der Waals surface area contributed by atoms with E-state index in [0.717, 1.165) is 10.1 Å². The van der Waals surface area contributed by atoms with E-state index in [1.165, 1.54) is 10.8 Å². The maximum atomic E-state index is 12.4. The number of carboxylic acid groups (broad SMARTS) is 1. The molecule has 22 heavy (non-hydrogen) atoms. The number of aromatic nitrogens is 5. The summed E-state index contributed by atoms with van der Waals surface area (Å²) in [6.45, 7) is -0.515. The Morgan fingerprint density at radius 2 is 2.09 bits per heavy atom. The molecule has 2 heterocycles. The zero-order valence-corrected chi connectivity index (χ0v) is 11.9. The smallest absolute Gasteiger partial charge is 0.323 e. The van der Waals surface area contributed by atoms with E-state index in [1.54, 1.807) is 24.3 Å². The van der Waals surface area contributed by atoms with Gasteiger partial charge in [0.25, 0.3) is 11.3 Å². The molecule has 0 aliphatic rings. The van der Waals surface area contributed by atoms with Crippen LogP contribution in [0.5, 0.6) is 0 Å². The average molecular weight is 320 g/mol. The minimum absolute atomic E-state index is 0.0790. The third kappa shape index (κ3) is 2.56. The van der Waals surface area contributed by atoms with Crippen LogP contribution in [-0.2, 0) is 17.8 Å². The van der Waals surface area contributed by atoms with Gasteiger partial charge in [0.15, 0.2) is 0 Å². The van der Waals surface area contributed by atoms with Crippen molar-refractivity contribution in [3.63, 3.8) is 0 Å². The topological polar surface area (TPSA) is 102 Å². The molecule has 2 aromatic heterocycles. The molecule has 0 atom stereocenters. The molecule has 0 saturated heterocycles. The quantitative estimate of drug-likeness (QED) is 0.756. The van der Waals surface area contributed by atoms with Crippen LogP contribution >= 0.6 is 11.6 Å². The van der Waals surface area contributed by atoms with Gasteiger partial charge in [-0.3, -0.25) is 14.2 Å². The molecule has 0 aliphatic heterocycles. The summed E-state index contributed by atoms with van der Waals surface area (Å²) in [7, 11) is 0. The Morgan fingerprint density at radius 3 is 2.82 bits per heavy atom. The zero-order valence-electron chi connectivity index (χ0n) is 11.2. The van der Waals surface area contributed by atoms with Crippen molar-refractivity contribution in [1.29, 1.82) is 0 Å². The lowest BCUT2D eigenvalue weighted by Gasteiger charge is -2.08. The maximum Gasteiger partial charge on any atom is 0.323 e. The molecule has 0 radical (unpaired) electrons. The van der Waals surface area contributed by atoms with Crippen molar-refractivity contribution >= 4 is 23.3 Å². The van der Waals surface area contributed by atoms with Crippen LogP contribution in [0.4, 0.5) is 0 Å². The van der Waals surface area contributed by atoms with Gasteiger partial charge >= 0.3 is 5.97 Å². The summed E-state index contributed by atoms with van der Waals surface area (Å²) in [5.74, 6) is -1.07. The van der Waals surface area contributed by atoms with Gasteiger partial charge in [-0.15, -0.1) is 10.2 Å². The van der Waals surface area contributed by atoms with E-state index in [9.17, 15) is 9.59 Å². The number of rotatable bonds is 4. The molecule has 112 valence electrons. The normalized spacial score (nSPS) is 11.0. The first-order chi connectivity index (χ1) is 10.6. The van der Waals surface area contributed by atoms with E-state index < -0.39 is 18.1 Å². The van der Waals surface area contributed by atoms with Gasteiger partial charge in [-0.25, -0.2) is 0 Å². The van der Waals surface area contributed by atoms with Gasteiger partial charge in [0.1, 0.15) is 18.6 Å². The van der Waals surface area contributed by atoms with Crippen LogP contribution in [-0.4, -0.2) is 35.5 Å². The first kappa shape index (κ1) is 14.2. The number of nitrogens with zero attached hydrogens (tertiary/aromatic N) is 5. The molecule has 0 amide bonds. The summed E-state index contributed by atoms with van der Waals surface area (Å²) >= 11 is 6.09. The van der Waals surface area contributed by atoms with E-state index in [4.69, 9.17) is 16.7 Å². The number of carboxylic acids is 1. The van der Waals surface area contributed by atoms with E-state index in [2.05, 4.69) is 15.3 Å². The lowest BCUT2D eigenvalue weighted by Crippen LogP contribution is -2.31. The number of carbonyl (C=O) groups is 1. The van der Waals surface area contributed by atoms with Crippen molar-refractivity contribution in [1.82, 2.24) is 24.4 Å². The SMILES string of the molecule is O=C(O)Cn1c(=O)c(Cc2ccccc2Cl)nn2cnnc12. The summed E-state index contributed by atoms with van der Waals surface area (Å²) in [5, 5.41) is 21.0. The lowest BCUT2D eigenvalue weighted by molar-refractivity contribution is -0.137. The van der Waals surface area contributed by atoms with Gasteiger partial charge in [0, 0.05) is 11.4 Å². The van der Waals surface area contributed by atoms with Crippen molar-refractivity contribution in [3.05, 3.63) is 57.2 Å². The van der Waals surface area contributed by atoms with Crippen LogP contribution in [0.15, 0.2) is 35.4 Å². The summed E-state index contributed by atoms with van der Waals surface area (Å²) in [6.07, 6.45) is 1.50. The van der Waals surface area contributed by atoms with Crippen LogP contribution in [0.2, 0.25) is 5.02 Å². The van der Waals surface area contributed by atoms with Gasteiger partial charge < -0.3 is 5.11 Å². The highest BCUT2D eigenvalue weighted by Crippen LogP contribution is 2.16. The molecule has 1 aromatic carbocycles. The van der Waals surface area contributed by atoms with Crippen molar-refractivity contribution < 1.29 is 9.90 Å². The molecule has 9 heteroatoms. The number of fused-ring (bicyclic) bond motifs is 1. The standard InChI is InChI=1S/C13H10ClN5O3/c14-9-4-2-1-3-8(9)5-10-12(22)18(6-11(20)21)13-16-15-7-19(13)17-10/h1-4,7H,5-6H2,(H,20,21). The highest BCUT2D eigenvalue weighted by Gasteiger charge is 2.16. The van der Waals surface area contributed by atoms with Crippen LogP contribution in [0.1, 0.15) is 11.3 Å². The molecule has 3 rings (SSSR count). The summed E-state index contributed by atoms with van der Waals surface area (Å²) in [6, 6.07) is 7.07. The maximum absolute atomic E-state index is 12.4. The summed E-state index contributed by atoms with van der Waals surface area (Å²) in [4.78, 5) is 23.4.